The summed E-state index contributed by atoms with van der Waals surface area (Å²) in [6.07, 6.45) is 2.28. The number of hydrogen-bond acceptors (Lipinski definition) is 5. The Labute approximate surface area is 111 Å². The molecule has 2 fully saturated rings. The molecule has 3 unspecified atom stereocenters. The van der Waals surface area contributed by atoms with Crippen LogP contribution in [0.25, 0.3) is 0 Å². The Hall–Kier alpha value is -0.490. The van der Waals surface area contributed by atoms with E-state index in [0.717, 1.165) is 43.2 Å². The van der Waals surface area contributed by atoms with Crippen LogP contribution in [0.3, 0.4) is 0 Å². The van der Waals surface area contributed by atoms with Gasteiger partial charge < -0.3 is 14.6 Å². The van der Waals surface area contributed by atoms with Crippen LogP contribution in [0.5, 0.6) is 0 Å². The highest BCUT2D eigenvalue weighted by Gasteiger charge is 2.43. The van der Waals surface area contributed by atoms with Crippen LogP contribution in [-0.4, -0.2) is 35.5 Å². The first kappa shape index (κ1) is 12.5. The first-order valence-electron chi connectivity index (χ1n) is 6.50. The summed E-state index contributed by atoms with van der Waals surface area (Å²) in [5.74, 6) is 0.242. The minimum absolute atomic E-state index is 0.143. The van der Waals surface area contributed by atoms with E-state index in [2.05, 4.69) is 4.98 Å². The average molecular weight is 269 g/mol. The Morgan fingerprint density at radius 3 is 3.11 bits per heavy atom. The molecule has 2 aliphatic rings. The molecule has 3 rings (SSSR count). The molecule has 0 aliphatic carbocycles. The van der Waals surface area contributed by atoms with Crippen LogP contribution in [0.2, 0.25) is 0 Å². The van der Waals surface area contributed by atoms with E-state index in [9.17, 15) is 5.11 Å². The van der Waals surface area contributed by atoms with Crippen LogP contribution < -0.4 is 0 Å². The van der Waals surface area contributed by atoms with Crippen LogP contribution in [0, 0.1) is 12.8 Å². The number of nitrogens with zero attached hydrogens (tertiary/aromatic N) is 1. The molecule has 3 atom stereocenters. The zero-order chi connectivity index (χ0) is 12.6. The molecule has 1 aromatic heterocycles. The van der Waals surface area contributed by atoms with Crippen molar-refractivity contribution in [2.45, 2.75) is 37.9 Å². The summed E-state index contributed by atoms with van der Waals surface area (Å²) in [6.45, 7) is 4.13. The quantitative estimate of drug-likeness (QED) is 0.893. The fourth-order valence-corrected chi connectivity index (χ4v) is 3.78. The van der Waals surface area contributed by atoms with Crippen molar-refractivity contribution < 1.29 is 14.6 Å². The molecule has 5 heteroatoms. The zero-order valence-corrected chi connectivity index (χ0v) is 11.4. The van der Waals surface area contributed by atoms with Gasteiger partial charge >= 0.3 is 0 Å². The molecule has 0 saturated carbocycles. The molecule has 1 N–H and O–H groups in total. The molecule has 1 aromatic rings. The van der Waals surface area contributed by atoms with Crippen molar-refractivity contribution in [1.82, 2.24) is 4.98 Å². The highest BCUT2D eigenvalue weighted by molar-refractivity contribution is 7.09. The van der Waals surface area contributed by atoms with E-state index >= 15 is 0 Å². The summed E-state index contributed by atoms with van der Waals surface area (Å²) in [7, 11) is 0. The van der Waals surface area contributed by atoms with Crippen molar-refractivity contribution >= 4 is 11.3 Å². The lowest BCUT2D eigenvalue weighted by atomic mass is 9.82. The molecule has 2 saturated heterocycles. The highest BCUT2D eigenvalue weighted by atomic mass is 32.1. The van der Waals surface area contributed by atoms with E-state index in [1.807, 2.05) is 12.3 Å². The summed E-state index contributed by atoms with van der Waals surface area (Å²) in [6, 6.07) is 0. The van der Waals surface area contributed by atoms with Gasteiger partial charge in [-0.1, -0.05) is 0 Å². The lowest BCUT2D eigenvalue weighted by Gasteiger charge is -2.38. The third-order valence-electron chi connectivity index (χ3n) is 3.93. The topological polar surface area (TPSA) is 51.6 Å². The summed E-state index contributed by atoms with van der Waals surface area (Å²) >= 11 is 1.55. The molecule has 4 nitrogen and oxygen atoms in total. The number of aliphatic hydroxyl groups excluding tert-OH is 1. The molecule has 0 amide bonds. The van der Waals surface area contributed by atoms with E-state index in [1.165, 1.54) is 0 Å². The van der Waals surface area contributed by atoms with Crippen LogP contribution in [0.4, 0.5) is 0 Å². The van der Waals surface area contributed by atoms with Gasteiger partial charge in [-0.3, -0.25) is 0 Å². The lowest BCUT2D eigenvalue weighted by Crippen LogP contribution is -2.41. The van der Waals surface area contributed by atoms with E-state index < -0.39 is 6.10 Å². The fraction of sp³-hybridized carbons (Fsp3) is 0.769. The summed E-state index contributed by atoms with van der Waals surface area (Å²) < 4.78 is 11.4. The van der Waals surface area contributed by atoms with Crippen LogP contribution in [0.15, 0.2) is 5.38 Å². The molecule has 18 heavy (non-hydrogen) atoms. The first-order valence-corrected chi connectivity index (χ1v) is 7.38. The maximum absolute atomic E-state index is 10.5. The molecule has 0 bridgehead atoms. The molecule has 3 heterocycles. The Morgan fingerprint density at radius 2 is 2.44 bits per heavy atom. The Morgan fingerprint density at radius 1 is 1.56 bits per heavy atom. The Bertz CT molecular complexity index is 414. The third-order valence-corrected chi connectivity index (χ3v) is 4.97. The van der Waals surface area contributed by atoms with Crippen molar-refractivity contribution in [3.05, 3.63) is 16.1 Å². The van der Waals surface area contributed by atoms with Gasteiger partial charge in [-0.2, -0.15) is 0 Å². The van der Waals surface area contributed by atoms with Gasteiger partial charge in [0, 0.05) is 30.7 Å². The maximum Gasteiger partial charge on any atom is 0.122 e. The largest absolute Gasteiger partial charge is 0.386 e. The minimum atomic E-state index is -0.454. The number of ether oxygens (including phenoxy) is 2. The first-order chi connectivity index (χ1) is 8.69. The summed E-state index contributed by atoms with van der Waals surface area (Å²) in [5.41, 5.74) is 0.843. The monoisotopic (exact) mass is 269 g/mol. The van der Waals surface area contributed by atoms with Crippen LogP contribution in [0.1, 0.15) is 36.1 Å². The van der Waals surface area contributed by atoms with Crippen molar-refractivity contribution in [2.24, 2.45) is 5.92 Å². The molecular weight excluding hydrogens is 250 g/mol. The lowest BCUT2D eigenvalue weighted by molar-refractivity contribution is -0.117. The normalized spacial score (nSPS) is 34.0. The second-order valence-corrected chi connectivity index (χ2v) is 6.25. The van der Waals surface area contributed by atoms with Crippen LogP contribution >= 0.6 is 11.3 Å². The van der Waals surface area contributed by atoms with E-state index in [0.29, 0.717) is 6.61 Å². The molecular formula is C13H19NO3S. The Balaban J connectivity index is 1.72. The van der Waals surface area contributed by atoms with E-state index in [-0.39, 0.29) is 11.5 Å². The van der Waals surface area contributed by atoms with Gasteiger partial charge in [0.2, 0.25) is 0 Å². The molecule has 0 radical (unpaired) electrons. The van der Waals surface area contributed by atoms with Crippen molar-refractivity contribution in [3.8, 4) is 0 Å². The van der Waals surface area contributed by atoms with Gasteiger partial charge in [-0.15, -0.1) is 11.3 Å². The fourth-order valence-electron chi connectivity index (χ4n) is 2.91. The molecule has 100 valence electrons. The molecule has 2 aliphatic heterocycles. The summed E-state index contributed by atoms with van der Waals surface area (Å²) in [4.78, 5) is 4.40. The summed E-state index contributed by atoms with van der Waals surface area (Å²) in [5, 5.41) is 13.3. The number of aliphatic hydroxyl groups is 1. The number of rotatable bonds is 2. The van der Waals surface area contributed by atoms with Gasteiger partial charge in [0.05, 0.1) is 12.2 Å². The second kappa shape index (κ2) is 4.89. The number of aryl methyl sites for hydroxylation is 1. The Kier molecular flexibility index (Phi) is 3.40. The van der Waals surface area contributed by atoms with Crippen molar-refractivity contribution in [1.29, 1.82) is 0 Å². The predicted octanol–water partition coefficient (Wildman–Crippen LogP) is 2.07. The van der Waals surface area contributed by atoms with Gasteiger partial charge in [0.1, 0.15) is 11.1 Å². The van der Waals surface area contributed by atoms with Gasteiger partial charge in [-0.05, 0) is 25.7 Å². The van der Waals surface area contributed by atoms with Gasteiger partial charge in [0.25, 0.3) is 0 Å². The average Bonchev–Trinajstić information content (AvgIpc) is 2.98. The van der Waals surface area contributed by atoms with Gasteiger partial charge in [-0.25, -0.2) is 4.98 Å². The standard InChI is InChI=1S/C13H19NO3S/c1-9-7-18-12(14-9)11(15)10-2-4-17-13(6-10)3-5-16-8-13/h7,10-11,15H,2-6,8H2,1H3. The smallest absolute Gasteiger partial charge is 0.122 e. The number of hydrogen-bond donors (Lipinski definition) is 1. The molecule has 0 aromatic carbocycles. The number of aromatic nitrogens is 1. The van der Waals surface area contributed by atoms with Crippen LogP contribution in [-0.2, 0) is 9.47 Å². The van der Waals surface area contributed by atoms with Crippen molar-refractivity contribution in [3.63, 3.8) is 0 Å². The third kappa shape index (κ3) is 2.32. The second-order valence-electron chi connectivity index (χ2n) is 5.36. The van der Waals surface area contributed by atoms with Crippen molar-refractivity contribution in [2.75, 3.05) is 19.8 Å². The zero-order valence-electron chi connectivity index (χ0n) is 10.6. The minimum Gasteiger partial charge on any atom is -0.386 e. The van der Waals surface area contributed by atoms with E-state index in [4.69, 9.17) is 9.47 Å². The number of thiazole rings is 1. The predicted molar refractivity (Wildman–Crippen MR) is 68.7 cm³/mol. The van der Waals surface area contributed by atoms with Gasteiger partial charge in [0.15, 0.2) is 0 Å². The van der Waals surface area contributed by atoms with E-state index in [1.54, 1.807) is 11.3 Å². The highest BCUT2D eigenvalue weighted by Crippen LogP contribution is 2.41. The molecule has 1 spiro atoms. The maximum atomic E-state index is 10.5. The SMILES string of the molecule is Cc1csc(C(O)C2CCOC3(CCOC3)C2)n1.